The summed E-state index contributed by atoms with van der Waals surface area (Å²) in [6.45, 7) is 6.10. The van der Waals surface area contributed by atoms with Crippen molar-refractivity contribution in [3.63, 3.8) is 0 Å². The fraction of sp³-hybridized carbons (Fsp3) is 0.286. The number of aromatic nitrogens is 1. The van der Waals surface area contributed by atoms with Crippen molar-refractivity contribution in [3.8, 4) is 5.75 Å². The Bertz CT molecular complexity index is 896. The summed E-state index contributed by atoms with van der Waals surface area (Å²) >= 11 is 0. The Balaban J connectivity index is 1.36. The molecule has 2 aromatic carbocycles. The third-order valence-corrected chi connectivity index (χ3v) is 4.99. The lowest BCUT2D eigenvalue weighted by Crippen LogP contribution is -2.49. The molecule has 5 nitrogen and oxygen atoms in total. The summed E-state index contributed by atoms with van der Waals surface area (Å²) in [5.41, 5.74) is 3.75. The van der Waals surface area contributed by atoms with E-state index in [-0.39, 0.29) is 6.09 Å². The first-order chi connectivity index (χ1) is 12.7. The van der Waals surface area contributed by atoms with Gasteiger partial charge in [-0.15, -0.1) is 0 Å². The maximum Gasteiger partial charge on any atom is 0.415 e. The van der Waals surface area contributed by atoms with E-state index in [9.17, 15) is 4.79 Å². The molecule has 5 heteroatoms. The molecular weight excluding hydrogens is 326 g/mol. The van der Waals surface area contributed by atoms with Gasteiger partial charge < -0.3 is 14.6 Å². The number of hydrogen-bond acceptors (Lipinski definition) is 3. The predicted molar refractivity (Wildman–Crippen MR) is 102 cm³/mol. The van der Waals surface area contributed by atoms with Gasteiger partial charge in [-0.25, -0.2) is 4.79 Å². The van der Waals surface area contributed by atoms with Gasteiger partial charge >= 0.3 is 6.09 Å². The zero-order chi connectivity index (χ0) is 17.9. The van der Waals surface area contributed by atoms with Gasteiger partial charge in [0.15, 0.2) is 0 Å². The fourth-order valence-electron chi connectivity index (χ4n) is 3.50. The SMILES string of the molecule is Cc1[nH]c2ccccc2c1CN1CCN(C(=O)Oc2ccccc2)CC1. The van der Waals surface area contributed by atoms with E-state index < -0.39 is 0 Å². The highest BCUT2D eigenvalue weighted by molar-refractivity contribution is 5.84. The zero-order valence-electron chi connectivity index (χ0n) is 14.9. The molecule has 2 heterocycles. The van der Waals surface area contributed by atoms with Gasteiger partial charge in [0.2, 0.25) is 0 Å². The highest BCUT2D eigenvalue weighted by Crippen LogP contribution is 2.24. The van der Waals surface area contributed by atoms with E-state index in [0.29, 0.717) is 18.8 Å². The van der Waals surface area contributed by atoms with Crippen LogP contribution in [0.2, 0.25) is 0 Å². The first-order valence-corrected chi connectivity index (χ1v) is 9.01. The topological polar surface area (TPSA) is 48.6 Å². The number of hydrogen-bond donors (Lipinski definition) is 1. The summed E-state index contributed by atoms with van der Waals surface area (Å²) in [4.78, 5) is 19.9. The number of nitrogens with one attached hydrogen (secondary N) is 1. The van der Waals surface area contributed by atoms with Crippen LogP contribution in [-0.4, -0.2) is 47.1 Å². The predicted octanol–water partition coefficient (Wildman–Crippen LogP) is 3.79. The summed E-state index contributed by atoms with van der Waals surface area (Å²) < 4.78 is 5.44. The third kappa shape index (κ3) is 3.44. The molecule has 0 bridgehead atoms. The van der Waals surface area contributed by atoms with Gasteiger partial charge in [0, 0.05) is 49.3 Å². The number of aromatic amines is 1. The van der Waals surface area contributed by atoms with Gasteiger partial charge in [0.1, 0.15) is 5.75 Å². The van der Waals surface area contributed by atoms with Crippen LogP contribution in [0.15, 0.2) is 54.6 Å². The lowest BCUT2D eigenvalue weighted by molar-refractivity contribution is 0.108. The fourth-order valence-corrected chi connectivity index (χ4v) is 3.50. The second-order valence-corrected chi connectivity index (χ2v) is 6.72. The number of rotatable bonds is 3. The monoisotopic (exact) mass is 349 g/mol. The summed E-state index contributed by atoms with van der Waals surface area (Å²) in [7, 11) is 0. The maximum atomic E-state index is 12.3. The lowest BCUT2D eigenvalue weighted by atomic mass is 10.1. The summed E-state index contributed by atoms with van der Waals surface area (Å²) in [5, 5.41) is 1.29. The molecule has 3 aromatic rings. The van der Waals surface area contributed by atoms with Crippen molar-refractivity contribution in [2.75, 3.05) is 26.2 Å². The number of piperazine rings is 1. The van der Waals surface area contributed by atoms with Crippen molar-refractivity contribution in [2.24, 2.45) is 0 Å². The standard InChI is InChI=1S/C21H23N3O2/c1-16-19(18-9-5-6-10-20(18)22-16)15-23-11-13-24(14-12-23)21(25)26-17-7-3-2-4-8-17/h2-10,22H,11-15H2,1H3. The third-order valence-electron chi connectivity index (χ3n) is 4.99. The van der Waals surface area contributed by atoms with Gasteiger partial charge in [-0.1, -0.05) is 36.4 Å². The van der Waals surface area contributed by atoms with Crippen LogP contribution < -0.4 is 4.74 Å². The van der Waals surface area contributed by atoms with E-state index in [1.165, 1.54) is 22.2 Å². The Hall–Kier alpha value is -2.79. The molecule has 1 aliphatic heterocycles. The van der Waals surface area contributed by atoms with E-state index >= 15 is 0 Å². The minimum atomic E-state index is -0.265. The summed E-state index contributed by atoms with van der Waals surface area (Å²) in [6.07, 6.45) is -0.265. The molecule has 1 fully saturated rings. The Kier molecular flexibility index (Phi) is 4.63. The highest BCUT2D eigenvalue weighted by Gasteiger charge is 2.23. The van der Waals surface area contributed by atoms with Crippen LogP contribution in [0.4, 0.5) is 4.79 Å². The zero-order valence-corrected chi connectivity index (χ0v) is 14.9. The van der Waals surface area contributed by atoms with E-state index in [1.807, 2.05) is 18.2 Å². The first kappa shape index (κ1) is 16.7. The van der Waals surface area contributed by atoms with Crippen molar-refractivity contribution in [3.05, 3.63) is 65.9 Å². The number of carbonyl (C=O) groups excluding carboxylic acids is 1. The number of para-hydroxylation sites is 2. The van der Waals surface area contributed by atoms with Gasteiger partial charge in [0.05, 0.1) is 0 Å². The second kappa shape index (κ2) is 7.22. The molecule has 134 valence electrons. The van der Waals surface area contributed by atoms with Crippen molar-refractivity contribution < 1.29 is 9.53 Å². The summed E-state index contributed by atoms with van der Waals surface area (Å²) in [5.74, 6) is 0.592. The number of amides is 1. The first-order valence-electron chi connectivity index (χ1n) is 9.01. The quantitative estimate of drug-likeness (QED) is 0.782. The molecular formula is C21H23N3O2. The van der Waals surface area contributed by atoms with Crippen LogP contribution in [-0.2, 0) is 6.54 Å². The van der Waals surface area contributed by atoms with Gasteiger partial charge in [-0.05, 0) is 30.7 Å². The largest absolute Gasteiger partial charge is 0.415 e. The Labute approximate surface area is 153 Å². The van der Waals surface area contributed by atoms with E-state index in [2.05, 4.69) is 41.1 Å². The van der Waals surface area contributed by atoms with Gasteiger partial charge in [-0.2, -0.15) is 0 Å². The minimum absolute atomic E-state index is 0.265. The van der Waals surface area contributed by atoms with E-state index in [0.717, 1.165) is 19.6 Å². The average Bonchev–Trinajstić information content (AvgIpc) is 2.98. The van der Waals surface area contributed by atoms with Crippen LogP contribution in [0.25, 0.3) is 10.9 Å². The van der Waals surface area contributed by atoms with Gasteiger partial charge in [-0.3, -0.25) is 4.90 Å². The Morgan fingerprint density at radius 2 is 1.69 bits per heavy atom. The molecule has 0 saturated carbocycles. The van der Waals surface area contributed by atoms with Crippen LogP contribution in [0.1, 0.15) is 11.3 Å². The molecule has 26 heavy (non-hydrogen) atoms. The maximum absolute atomic E-state index is 12.3. The van der Waals surface area contributed by atoms with Crippen molar-refractivity contribution in [2.45, 2.75) is 13.5 Å². The van der Waals surface area contributed by atoms with Crippen LogP contribution in [0.3, 0.4) is 0 Å². The molecule has 1 aliphatic rings. The number of nitrogens with zero attached hydrogens (tertiary/aromatic N) is 2. The van der Waals surface area contributed by atoms with Crippen LogP contribution in [0.5, 0.6) is 5.75 Å². The minimum Gasteiger partial charge on any atom is -0.410 e. The molecule has 1 amide bonds. The van der Waals surface area contributed by atoms with Crippen LogP contribution >= 0.6 is 0 Å². The number of ether oxygens (including phenoxy) is 1. The molecule has 0 spiro atoms. The number of benzene rings is 2. The number of H-pyrrole nitrogens is 1. The van der Waals surface area contributed by atoms with E-state index in [1.54, 1.807) is 17.0 Å². The molecule has 0 aliphatic carbocycles. The van der Waals surface area contributed by atoms with E-state index in [4.69, 9.17) is 4.74 Å². The van der Waals surface area contributed by atoms with Crippen molar-refractivity contribution in [1.29, 1.82) is 0 Å². The molecule has 4 rings (SSSR count). The number of fused-ring (bicyclic) bond motifs is 1. The van der Waals surface area contributed by atoms with Gasteiger partial charge in [0.25, 0.3) is 0 Å². The molecule has 1 N–H and O–H groups in total. The number of carbonyl (C=O) groups is 1. The Morgan fingerprint density at radius 3 is 2.46 bits per heavy atom. The molecule has 0 unspecified atom stereocenters. The summed E-state index contributed by atoms with van der Waals surface area (Å²) in [6, 6.07) is 17.7. The van der Waals surface area contributed by atoms with Crippen molar-refractivity contribution in [1.82, 2.24) is 14.8 Å². The lowest BCUT2D eigenvalue weighted by Gasteiger charge is -2.34. The Morgan fingerprint density at radius 1 is 1.00 bits per heavy atom. The molecule has 0 radical (unpaired) electrons. The van der Waals surface area contributed by atoms with Crippen molar-refractivity contribution >= 4 is 17.0 Å². The molecule has 1 saturated heterocycles. The molecule has 0 atom stereocenters. The second-order valence-electron chi connectivity index (χ2n) is 6.72. The highest BCUT2D eigenvalue weighted by atomic mass is 16.6. The van der Waals surface area contributed by atoms with Crippen LogP contribution in [0, 0.1) is 6.92 Å². The smallest absolute Gasteiger partial charge is 0.410 e. The number of aryl methyl sites for hydroxylation is 1. The average molecular weight is 349 g/mol. The normalized spacial score (nSPS) is 15.3. The molecule has 1 aromatic heterocycles.